The van der Waals surface area contributed by atoms with Gasteiger partial charge in [-0.15, -0.1) is 0 Å². The fraction of sp³-hybridized carbons (Fsp3) is 0.500. The minimum Gasteiger partial charge on any atom is -0.299 e. The molecule has 0 saturated heterocycles. The molecule has 14 heavy (non-hydrogen) atoms. The Labute approximate surface area is 97.6 Å². The molecule has 0 spiro atoms. The number of nitrogens with one attached hydrogen (secondary N) is 1. The highest BCUT2D eigenvalue weighted by Gasteiger charge is 2.05. The van der Waals surface area contributed by atoms with Gasteiger partial charge in [0.25, 0.3) is 5.56 Å². The van der Waals surface area contributed by atoms with E-state index in [1.807, 2.05) is 6.92 Å². The second-order valence-corrected chi connectivity index (χ2v) is 4.65. The van der Waals surface area contributed by atoms with Gasteiger partial charge >= 0.3 is 5.69 Å². The smallest absolute Gasteiger partial charge is 0.299 e. The summed E-state index contributed by atoms with van der Waals surface area (Å²) in [5.74, 6) is 0.338. The minimum atomic E-state index is -0.391. The zero-order valence-electron chi connectivity index (χ0n) is 7.59. The van der Waals surface area contributed by atoms with Crippen molar-refractivity contribution in [3.05, 3.63) is 31.5 Å². The molecule has 1 aromatic heterocycles. The number of halogens is 2. The van der Waals surface area contributed by atoms with Crippen molar-refractivity contribution in [3.8, 4) is 0 Å². The molecule has 0 aliphatic heterocycles. The van der Waals surface area contributed by atoms with Gasteiger partial charge in [0.1, 0.15) is 0 Å². The summed E-state index contributed by atoms with van der Waals surface area (Å²) < 4.78 is 1.86. The second-order valence-electron chi connectivity index (χ2n) is 3.15. The highest BCUT2D eigenvalue weighted by atomic mass is 79.9. The van der Waals surface area contributed by atoms with E-state index in [4.69, 9.17) is 0 Å². The van der Waals surface area contributed by atoms with Crippen molar-refractivity contribution in [3.63, 3.8) is 0 Å². The quantitative estimate of drug-likeness (QED) is 0.852. The third kappa shape index (κ3) is 2.81. The number of H-pyrrole nitrogens is 1. The van der Waals surface area contributed by atoms with Gasteiger partial charge in [0, 0.05) is 18.1 Å². The van der Waals surface area contributed by atoms with Crippen molar-refractivity contribution < 1.29 is 0 Å². The number of rotatable bonds is 3. The normalized spacial score (nSPS) is 12.8. The number of hydrogen-bond donors (Lipinski definition) is 1. The maximum absolute atomic E-state index is 11.3. The summed E-state index contributed by atoms with van der Waals surface area (Å²) in [6.07, 6.45) is 1.51. The van der Waals surface area contributed by atoms with Crippen LogP contribution in [0.2, 0.25) is 0 Å². The summed E-state index contributed by atoms with van der Waals surface area (Å²) in [7, 11) is 0. The summed E-state index contributed by atoms with van der Waals surface area (Å²) >= 11 is 6.41. The lowest BCUT2D eigenvalue weighted by Gasteiger charge is -2.09. The molecular weight excluding hydrogens is 316 g/mol. The van der Waals surface area contributed by atoms with E-state index in [0.29, 0.717) is 16.9 Å². The van der Waals surface area contributed by atoms with E-state index in [2.05, 4.69) is 36.8 Å². The molecular formula is C8H10Br2N2O2. The van der Waals surface area contributed by atoms with Gasteiger partial charge in [0.2, 0.25) is 0 Å². The molecule has 1 atom stereocenters. The zero-order valence-corrected chi connectivity index (χ0v) is 10.8. The number of hydrogen-bond acceptors (Lipinski definition) is 2. The van der Waals surface area contributed by atoms with Gasteiger partial charge in [-0.05, 0) is 21.8 Å². The van der Waals surface area contributed by atoms with E-state index in [1.54, 1.807) is 0 Å². The molecule has 0 aliphatic carbocycles. The molecule has 0 aliphatic rings. The van der Waals surface area contributed by atoms with Gasteiger partial charge in [-0.25, -0.2) is 4.79 Å². The predicted molar refractivity (Wildman–Crippen MR) is 62.0 cm³/mol. The van der Waals surface area contributed by atoms with Crippen molar-refractivity contribution in [2.24, 2.45) is 5.92 Å². The SMILES string of the molecule is CC(CBr)Cn1cc(Br)c(=O)[nH]c1=O. The molecule has 4 nitrogen and oxygen atoms in total. The van der Waals surface area contributed by atoms with E-state index < -0.39 is 5.56 Å². The van der Waals surface area contributed by atoms with Crippen LogP contribution in [-0.2, 0) is 6.54 Å². The van der Waals surface area contributed by atoms with Crippen LogP contribution in [0, 0.1) is 5.92 Å². The lowest BCUT2D eigenvalue weighted by Crippen LogP contribution is -2.31. The summed E-state index contributed by atoms with van der Waals surface area (Å²) in [5.41, 5.74) is -0.760. The average molecular weight is 326 g/mol. The average Bonchev–Trinajstić information content (AvgIpc) is 2.14. The topological polar surface area (TPSA) is 54.9 Å². The molecule has 1 aromatic rings. The molecule has 78 valence electrons. The maximum atomic E-state index is 11.3. The molecule has 0 fully saturated rings. The van der Waals surface area contributed by atoms with E-state index in [0.717, 1.165) is 5.33 Å². The molecule has 0 amide bonds. The Morgan fingerprint density at radius 3 is 2.79 bits per heavy atom. The monoisotopic (exact) mass is 324 g/mol. The van der Waals surface area contributed by atoms with Crippen LogP contribution < -0.4 is 11.2 Å². The Kier molecular flexibility index (Phi) is 4.12. The summed E-state index contributed by atoms with van der Waals surface area (Å²) in [6, 6.07) is 0. The van der Waals surface area contributed by atoms with Crippen LogP contribution in [0.3, 0.4) is 0 Å². The van der Waals surface area contributed by atoms with Crippen molar-refractivity contribution in [1.29, 1.82) is 0 Å². The molecule has 1 unspecified atom stereocenters. The van der Waals surface area contributed by atoms with E-state index in [9.17, 15) is 9.59 Å². The predicted octanol–water partition coefficient (Wildman–Crippen LogP) is 1.33. The lowest BCUT2D eigenvalue weighted by atomic mass is 10.2. The molecule has 0 radical (unpaired) electrons. The first-order valence-electron chi connectivity index (χ1n) is 4.10. The Morgan fingerprint density at radius 2 is 2.21 bits per heavy atom. The van der Waals surface area contributed by atoms with Crippen molar-refractivity contribution >= 4 is 31.9 Å². The van der Waals surface area contributed by atoms with Gasteiger partial charge < -0.3 is 0 Å². The molecule has 1 rings (SSSR count). The zero-order chi connectivity index (χ0) is 10.7. The number of aromatic amines is 1. The van der Waals surface area contributed by atoms with E-state index >= 15 is 0 Å². The Balaban J connectivity index is 3.04. The third-order valence-electron chi connectivity index (χ3n) is 1.74. The Bertz CT molecular complexity index is 424. The lowest BCUT2D eigenvalue weighted by molar-refractivity contribution is 0.509. The van der Waals surface area contributed by atoms with Crippen LogP contribution in [0.15, 0.2) is 20.3 Å². The summed E-state index contributed by atoms with van der Waals surface area (Å²) in [4.78, 5) is 24.6. The van der Waals surface area contributed by atoms with Crippen LogP contribution >= 0.6 is 31.9 Å². The van der Waals surface area contributed by atoms with Gasteiger partial charge in [-0.3, -0.25) is 14.3 Å². The van der Waals surface area contributed by atoms with Crippen molar-refractivity contribution in [2.45, 2.75) is 13.5 Å². The maximum Gasteiger partial charge on any atom is 0.328 e. The van der Waals surface area contributed by atoms with Crippen molar-refractivity contribution in [2.75, 3.05) is 5.33 Å². The largest absolute Gasteiger partial charge is 0.328 e. The van der Waals surface area contributed by atoms with Gasteiger partial charge in [0.15, 0.2) is 0 Å². The number of nitrogens with zero attached hydrogens (tertiary/aromatic N) is 1. The Morgan fingerprint density at radius 1 is 1.57 bits per heavy atom. The highest BCUT2D eigenvalue weighted by Crippen LogP contribution is 2.04. The molecule has 1 heterocycles. The summed E-state index contributed by atoms with van der Waals surface area (Å²) in [6.45, 7) is 2.60. The molecule has 1 N–H and O–H groups in total. The van der Waals surface area contributed by atoms with Crippen LogP contribution in [0.5, 0.6) is 0 Å². The fourth-order valence-corrected chi connectivity index (χ4v) is 1.55. The standard InChI is InChI=1S/C8H10Br2N2O2/c1-5(2-9)3-12-4-6(10)7(13)11-8(12)14/h4-5H,2-3H2,1H3,(H,11,13,14). The molecule has 6 heteroatoms. The van der Waals surface area contributed by atoms with Crippen LogP contribution in [0.25, 0.3) is 0 Å². The van der Waals surface area contributed by atoms with Gasteiger partial charge in [-0.2, -0.15) is 0 Å². The van der Waals surface area contributed by atoms with Gasteiger partial charge in [0.05, 0.1) is 4.47 Å². The number of aromatic nitrogens is 2. The third-order valence-corrected chi connectivity index (χ3v) is 3.41. The molecule has 0 saturated carbocycles. The van der Waals surface area contributed by atoms with E-state index in [1.165, 1.54) is 10.8 Å². The summed E-state index contributed by atoms with van der Waals surface area (Å²) in [5, 5.41) is 0.816. The van der Waals surface area contributed by atoms with E-state index in [-0.39, 0.29) is 5.69 Å². The first kappa shape index (κ1) is 11.7. The van der Waals surface area contributed by atoms with Crippen LogP contribution in [-0.4, -0.2) is 14.9 Å². The first-order chi connectivity index (χ1) is 6.54. The molecule has 0 aromatic carbocycles. The van der Waals surface area contributed by atoms with Crippen molar-refractivity contribution in [1.82, 2.24) is 9.55 Å². The highest BCUT2D eigenvalue weighted by molar-refractivity contribution is 9.10. The van der Waals surface area contributed by atoms with Crippen LogP contribution in [0.1, 0.15) is 6.92 Å². The minimum absolute atomic E-state index is 0.338. The van der Waals surface area contributed by atoms with Crippen LogP contribution in [0.4, 0.5) is 0 Å². The Hall–Kier alpha value is -0.360. The molecule has 0 bridgehead atoms. The second kappa shape index (κ2) is 4.93. The fourth-order valence-electron chi connectivity index (χ4n) is 1.00. The number of alkyl halides is 1. The first-order valence-corrected chi connectivity index (χ1v) is 6.01. The van der Waals surface area contributed by atoms with Gasteiger partial charge in [-0.1, -0.05) is 22.9 Å².